The van der Waals surface area contributed by atoms with Gasteiger partial charge in [0.25, 0.3) is 11.5 Å². The van der Waals surface area contributed by atoms with Crippen molar-refractivity contribution in [1.82, 2.24) is 9.99 Å². The summed E-state index contributed by atoms with van der Waals surface area (Å²) in [7, 11) is 1.53. The lowest BCUT2D eigenvalue weighted by atomic mass is 10.2. The van der Waals surface area contributed by atoms with Crippen molar-refractivity contribution in [2.75, 3.05) is 13.2 Å². The Balaban J connectivity index is 2.29. The van der Waals surface area contributed by atoms with Crippen molar-refractivity contribution in [3.8, 4) is 11.5 Å². The van der Waals surface area contributed by atoms with E-state index in [2.05, 4.69) is 10.5 Å². The lowest BCUT2D eigenvalue weighted by Gasteiger charge is -2.12. The highest BCUT2D eigenvalue weighted by molar-refractivity contribution is 5.94. The van der Waals surface area contributed by atoms with E-state index in [-0.39, 0.29) is 29.4 Å². The van der Waals surface area contributed by atoms with Crippen LogP contribution in [0.15, 0.2) is 40.4 Å². The van der Waals surface area contributed by atoms with Crippen LogP contribution in [-0.2, 0) is 7.05 Å². The SMILES string of the molecule is CCCOc1c(OCC)cc(/C=N\NC(=O)c2cccn(C)c2=O)cc1[N+](=O)[O-]. The average molecular weight is 402 g/mol. The topological polar surface area (TPSA) is 125 Å². The molecule has 0 unspecified atom stereocenters. The number of hydrogen-bond acceptors (Lipinski definition) is 7. The van der Waals surface area contributed by atoms with E-state index in [0.29, 0.717) is 18.6 Å². The van der Waals surface area contributed by atoms with E-state index >= 15 is 0 Å². The van der Waals surface area contributed by atoms with Gasteiger partial charge in [-0.15, -0.1) is 0 Å². The number of nitrogens with zero attached hydrogens (tertiary/aromatic N) is 3. The van der Waals surface area contributed by atoms with E-state index in [1.165, 1.54) is 42.2 Å². The number of nitro benzene ring substituents is 1. The molecule has 0 aliphatic rings. The van der Waals surface area contributed by atoms with Crippen LogP contribution in [0.2, 0.25) is 0 Å². The van der Waals surface area contributed by atoms with Gasteiger partial charge in [0, 0.05) is 24.9 Å². The second-order valence-electron chi connectivity index (χ2n) is 5.94. The van der Waals surface area contributed by atoms with Gasteiger partial charge in [-0.1, -0.05) is 6.92 Å². The Kier molecular flexibility index (Phi) is 7.47. The number of amides is 1. The Bertz CT molecular complexity index is 983. The fraction of sp³-hybridized carbons (Fsp3) is 0.316. The van der Waals surface area contributed by atoms with Gasteiger partial charge in [-0.2, -0.15) is 5.10 Å². The summed E-state index contributed by atoms with van der Waals surface area (Å²) in [5.74, 6) is -0.433. The maximum atomic E-state index is 12.1. The number of hydrogen-bond donors (Lipinski definition) is 1. The van der Waals surface area contributed by atoms with Crippen LogP contribution in [0, 0.1) is 10.1 Å². The van der Waals surface area contributed by atoms with Gasteiger partial charge in [0.15, 0.2) is 5.75 Å². The van der Waals surface area contributed by atoms with Crippen LogP contribution in [0.4, 0.5) is 5.69 Å². The zero-order chi connectivity index (χ0) is 21.4. The van der Waals surface area contributed by atoms with Gasteiger partial charge >= 0.3 is 5.69 Å². The van der Waals surface area contributed by atoms with Crippen LogP contribution in [0.1, 0.15) is 36.2 Å². The van der Waals surface area contributed by atoms with Gasteiger partial charge in [0.05, 0.1) is 24.4 Å². The van der Waals surface area contributed by atoms with Crippen LogP contribution in [-0.4, -0.2) is 34.8 Å². The smallest absolute Gasteiger partial charge is 0.315 e. The van der Waals surface area contributed by atoms with Crippen LogP contribution in [0.3, 0.4) is 0 Å². The molecule has 2 aromatic rings. The zero-order valence-electron chi connectivity index (χ0n) is 16.4. The fourth-order valence-corrected chi connectivity index (χ4v) is 2.43. The molecule has 0 fully saturated rings. The Morgan fingerprint density at radius 1 is 1.34 bits per heavy atom. The largest absolute Gasteiger partial charge is 0.490 e. The lowest BCUT2D eigenvalue weighted by molar-refractivity contribution is -0.386. The summed E-state index contributed by atoms with van der Waals surface area (Å²) in [5, 5.41) is 15.2. The lowest BCUT2D eigenvalue weighted by Crippen LogP contribution is -2.29. The van der Waals surface area contributed by atoms with Gasteiger partial charge < -0.3 is 14.0 Å². The molecule has 0 aliphatic carbocycles. The van der Waals surface area contributed by atoms with Crippen LogP contribution < -0.4 is 20.5 Å². The highest BCUT2D eigenvalue weighted by Crippen LogP contribution is 2.38. The molecule has 10 heteroatoms. The van der Waals surface area contributed by atoms with Gasteiger partial charge in [-0.05, 0) is 31.5 Å². The third-order valence-electron chi connectivity index (χ3n) is 3.75. The van der Waals surface area contributed by atoms with E-state index in [4.69, 9.17) is 9.47 Å². The first-order valence-electron chi connectivity index (χ1n) is 8.96. The minimum atomic E-state index is -0.690. The quantitative estimate of drug-likeness (QED) is 0.390. The number of carbonyl (C=O) groups is 1. The number of hydrazone groups is 1. The van der Waals surface area contributed by atoms with Crippen molar-refractivity contribution in [3.05, 3.63) is 62.1 Å². The monoisotopic (exact) mass is 402 g/mol. The molecule has 1 N–H and O–H groups in total. The van der Waals surface area contributed by atoms with Crippen molar-refractivity contribution in [3.63, 3.8) is 0 Å². The van der Waals surface area contributed by atoms with Gasteiger partial charge in [0.1, 0.15) is 5.56 Å². The molecule has 1 heterocycles. The standard InChI is InChI=1S/C19H22N4O6/c1-4-9-29-17-15(23(26)27)10-13(11-16(17)28-5-2)12-20-21-18(24)14-7-6-8-22(3)19(14)25/h6-8,10-12H,4-5,9H2,1-3H3,(H,21,24)/b20-12-. The summed E-state index contributed by atoms with van der Waals surface area (Å²) in [6, 6.07) is 5.74. The number of ether oxygens (including phenoxy) is 2. The van der Waals surface area contributed by atoms with Crippen molar-refractivity contribution < 1.29 is 19.2 Å². The molecule has 0 aliphatic heterocycles. The fourth-order valence-electron chi connectivity index (χ4n) is 2.43. The van der Waals surface area contributed by atoms with Crippen molar-refractivity contribution >= 4 is 17.8 Å². The Morgan fingerprint density at radius 2 is 2.10 bits per heavy atom. The van der Waals surface area contributed by atoms with E-state index < -0.39 is 16.4 Å². The number of benzene rings is 1. The van der Waals surface area contributed by atoms with E-state index in [9.17, 15) is 19.7 Å². The first-order valence-corrected chi connectivity index (χ1v) is 8.96. The highest BCUT2D eigenvalue weighted by atomic mass is 16.6. The highest BCUT2D eigenvalue weighted by Gasteiger charge is 2.22. The summed E-state index contributed by atoms with van der Waals surface area (Å²) in [6.07, 6.45) is 3.43. The number of rotatable bonds is 9. The maximum absolute atomic E-state index is 12.1. The van der Waals surface area contributed by atoms with Gasteiger partial charge in [0.2, 0.25) is 5.75 Å². The summed E-state index contributed by atoms with van der Waals surface area (Å²) in [4.78, 5) is 35.0. The molecular weight excluding hydrogens is 380 g/mol. The molecule has 2 rings (SSSR count). The molecule has 1 aromatic heterocycles. The minimum Gasteiger partial charge on any atom is -0.490 e. The second-order valence-corrected chi connectivity index (χ2v) is 5.94. The summed E-state index contributed by atoms with van der Waals surface area (Å²) in [6.45, 7) is 4.22. The predicted octanol–water partition coefficient (Wildman–Crippen LogP) is 2.24. The number of pyridine rings is 1. The third kappa shape index (κ3) is 5.41. The predicted molar refractivity (Wildman–Crippen MR) is 107 cm³/mol. The van der Waals surface area contributed by atoms with Crippen molar-refractivity contribution in [1.29, 1.82) is 0 Å². The molecule has 0 saturated carbocycles. The summed E-state index contributed by atoms with van der Waals surface area (Å²) in [5.41, 5.74) is 1.76. The zero-order valence-corrected chi connectivity index (χ0v) is 16.4. The molecule has 0 spiro atoms. The molecule has 0 saturated heterocycles. The van der Waals surface area contributed by atoms with E-state index in [0.717, 1.165) is 0 Å². The molecule has 29 heavy (non-hydrogen) atoms. The number of carbonyl (C=O) groups excluding carboxylic acids is 1. The number of nitro groups is 1. The Hall–Kier alpha value is -3.69. The molecule has 0 bridgehead atoms. The van der Waals surface area contributed by atoms with Crippen LogP contribution in [0.25, 0.3) is 0 Å². The first-order chi connectivity index (χ1) is 13.9. The Morgan fingerprint density at radius 3 is 2.76 bits per heavy atom. The van der Waals surface area contributed by atoms with Crippen LogP contribution >= 0.6 is 0 Å². The molecule has 10 nitrogen and oxygen atoms in total. The molecule has 0 radical (unpaired) electrons. The molecule has 1 aromatic carbocycles. The molecule has 154 valence electrons. The first kappa shape index (κ1) is 21.6. The number of nitrogens with one attached hydrogen (secondary N) is 1. The second kappa shape index (κ2) is 10.0. The normalized spacial score (nSPS) is 10.7. The molecule has 1 amide bonds. The summed E-state index contributed by atoms with van der Waals surface area (Å²) < 4.78 is 12.2. The summed E-state index contributed by atoms with van der Waals surface area (Å²) >= 11 is 0. The Labute approximate surface area is 166 Å². The van der Waals surface area contributed by atoms with Gasteiger partial charge in [-0.25, -0.2) is 5.43 Å². The molecule has 0 atom stereocenters. The maximum Gasteiger partial charge on any atom is 0.315 e. The minimum absolute atomic E-state index is 0.0488. The van der Waals surface area contributed by atoms with E-state index in [1.54, 1.807) is 13.0 Å². The van der Waals surface area contributed by atoms with Gasteiger partial charge in [-0.3, -0.25) is 19.7 Å². The average Bonchev–Trinajstić information content (AvgIpc) is 2.69. The van der Waals surface area contributed by atoms with Crippen molar-refractivity contribution in [2.24, 2.45) is 12.1 Å². The number of aryl methyl sites for hydroxylation is 1. The van der Waals surface area contributed by atoms with Crippen molar-refractivity contribution in [2.45, 2.75) is 20.3 Å². The van der Waals surface area contributed by atoms with Crippen LogP contribution in [0.5, 0.6) is 11.5 Å². The molecular formula is C19H22N4O6. The van der Waals surface area contributed by atoms with E-state index in [1.807, 2.05) is 6.92 Å². The third-order valence-corrected chi connectivity index (χ3v) is 3.75. The number of aromatic nitrogens is 1.